The van der Waals surface area contributed by atoms with E-state index in [9.17, 15) is 5.11 Å². The van der Waals surface area contributed by atoms with Gasteiger partial charge in [0.15, 0.2) is 0 Å². The summed E-state index contributed by atoms with van der Waals surface area (Å²) in [4.78, 5) is 0. The van der Waals surface area contributed by atoms with Gasteiger partial charge in [0.2, 0.25) is 0 Å². The largest absolute Gasteiger partial charge is 0.380 e. The molecule has 0 fully saturated rings. The summed E-state index contributed by atoms with van der Waals surface area (Å²) in [5, 5.41) is 10.6. The molecule has 2 aromatic carbocycles. The van der Waals surface area contributed by atoms with E-state index in [2.05, 4.69) is 15.9 Å². The minimum absolute atomic E-state index is 0.743. The Morgan fingerprint density at radius 1 is 1.00 bits per heavy atom. The lowest BCUT2D eigenvalue weighted by Crippen LogP contribution is -2.21. The van der Waals surface area contributed by atoms with E-state index in [0.717, 1.165) is 15.6 Å². The Morgan fingerprint density at radius 2 is 1.50 bits per heavy atom. The highest BCUT2D eigenvalue weighted by Crippen LogP contribution is 2.34. The van der Waals surface area contributed by atoms with Gasteiger partial charge in [-0.2, -0.15) is 0 Å². The number of hydrogen-bond donors (Lipinski definition) is 1. The van der Waals surface area contributed by atoms with Crippen LogP contribution in [0.3, 0.4) is 0 Å². The first-order valence-electron chi connectivity index (χ1n) is 5.81. The molecule has 2 aromatic rings. The maximum Gasteiger partial charge on any atom is 0.118 e. The van der Waals surface area contributed by atoms with Crippen LogP contribution in [-0.2, 0) is 5.60 Å². The first kappa shape index (κ1) is 13.1. The van der Waals surface area contributed by atoms with Gasteiger partial charge in [-0.15, -0.1) is 0 Å². The van der Waals surface area contributed by atoms with Crippen molar-refractivity contribution in [2.24, 2.45) is 0 Å². The Kier molecular flexibility index (Phi) is 4.00. The van der Waals surface area contributed by atoms with Crippen LogP contribution in [0, 0.1) is 0 Å². The van der Waals surface area contributed by atoms with Crippen LogP contribution in [-0.4, -0.2) is 5.11 Å². The van der Waals surface area contributed by atoms with E-state index in [0.29, 0.717) is 0 Å². The highest BCUT2D eigenvalue weighted by molar-refractivity contribution is 9.11. The lowest BCUT2D eigenvalue weighted by atomic mass is 9.95. The van der Waals surface area contributed by atoms with Crippen LogP contribution >= 0.6 is 15.9 Å². The topological polar surface area (TPSA) is 20.2 Å². The molecule has 0 radical (unpaired) electrons. The fraction of sp³-hybridized carbons (Fsp3) is 0.125. The van der Waals surface area contributed by atoms with Gasteiger partial charge in [0.25, 0.3) is 0 Å². The molecule has 1 atom stereocenters. The standard InChI is InChI=1S/C16H15BrO/c1-16(18,14-10-6-3-7-11-14)15(17)12-13-8-4-2-5-9-13/h2-12,18H,1H3/b15-12-/t16-/m0/s1. The van der Waals surface area contributed by atoms with Crippen molar-refractivity contribution in [1.29, 1.82) is 0 Å². The summed E-state index contributed by atoms with van der Waals surface area (Å²) in [6, 6.07) is 19.5. The maximum atomic E-state index is 10.6. The molecule has 0 aliphatic rings. The molecule has 0 unspecified atom stereocenters. The summed E-state index contributed by atoms with van der Waals surface area (Å²) in [5.74, 6) is 0. The molecule has 0 aliphatic heterocycles. The van der Waals surface area contributed by atoms with Gasteiger partial charge in [-0.05, 0) is 24.1 Å². The highest BCUT2D eigenvalue weighted by atomic mass is 79.9. The van der Waals surface area contributed by atoms with Crippen molar-refractivity contribution in [2.45, 2.75) is 12.5 Å². The van der Waals surface area contributed by atoms with E-state index < -0.39 is 5.60 Å². The van der Waals surface area contributed by atoms with Crippen molar-refractivity contribution in [1.82, 2.24) is 0 Å². The molecule has 0 aromatic heterocycles. The molecule has 0 saturated heterocycles. The van der Waals surface area contributed by atoms with Crippen LogP contribution in [0.5, 0.6) is 0 Å². The molecule has 2 rings (SSSR count). The first-order valence-corrected chi connectivity index (χ1v) is 6.60. The molecule has 0 spiro atoms. The molecule has 0 aliphatic carbocycles. The van der Waals surface area contributed by atoms with Crippen molar-refractivity contribution in [3.63, 3.8) is 0 Å². The summed E-state index contributed by atoms with van der Waals surface area (Å²) in [5.41, 5.74) is 0.904. The summed E-state index contributed by atoms with van der Waals surface area (Å²) in [6.45, 7) is 1.78. The minimum atomic E-state index is -1.02. The van der Waals surface area contributed by atoms with Crippen molar-refractivity contribution in [3.05, 3.63) is 76.3 Å². The van der Waals surface area contributed by atoms with Gasteiger partial charge in [-0.1, -0.05) is 76.6 Å². The monoisotopic (exact) mass is 302 g/mol. The van der Waals surface area contributed by atoms with Crippen LogP contribution in [0.2, 0.25) is 0 Å². The third-order valence-electron chi connectivity index (χ3n) is 2.89. The summed E-state index contributed by atoms with van der Waals surface area (Å²) < 4.78 is 0.743. The Labute approximate surface area is 116 Å². The second kappa shape index (κ2) is 5.51. The van der Waals surface area contributed by atoms with Gasteiger partial charge in [0.1, 0.15) is 5.60 Å². The second-order valence-corrected chi connectivity index (χ2v) is 5.20. The zero-order valence-corrected chi connectivity index (χ0v) is 11.8. The lowest BCUT2D eigenvalue weighted by Gasteiger charge is -2.23. The molecule has 1 N–H and O–H groups in total. The fourth-order valence-corrected chi connectivity index (χ4v) is 2.23. The Bertz CT molecular complexity index is 530. The molecule has 2 heteroatoms. The molecular formula is C16H15BrO. The van der Waals surface area contributed by atoms with E-state index in [-0.39, 0.29) is 0 Å². The highest BCUT2D eigenvalue weighted by Gasteiger charge is 2.26. The molecule has 0 saturated carbocycles. The average molecular weight is 303 g/mol. The fourth-order valence-electron chi connectivity index (χ4n) is 1.74. The van der Waals surface area contributed by atoms with Crippen LogP contribution in [0.15, 0.2) is 65.1 Å². The third kappa shape index (κ3) is 2.89. The molecule has 0 heterocycles. The molecular weight excluding hydrogens is 288 g/mol. The van der Waals surface area contributed by atoms with E-state index >= 15 is 0 Å². The zero-order valence-electron chi connectivity index (χ0n) is 10.2. The van der Waals surface area contributed by atoms with Gasteiger partial charge in [0.05, 0.1) is 0 Å². The number of hydrogen-bond acceptors (Lipinski definition) is 1. The minimum Gasteiger partial charge on any atom is -0.380 e. The van der Waals surface area contributed by atoms with Crippen LogP contribution in [0.1, 0.15) is 18.1 Å². The maximum absolute atomic E-state index is 10.6. The molecule has 92 valence electrons. The Hall–Kier alpha value is -1.38. The second-order valence-electron chi connectivity index (χ2n) is 4.34. The summed E-state index contributed by atoms with van der Waals surface area (Å²) >= 11 is 3.48. The Morgan fingerprint density at radius 3 is 2.06 bits per heavy atom. The first-order chi connectivity index (χ1) is 8.60. The molecule has 1 nitrogen and oxygen atoms in total. The summed E-state index contributed by atoms with van der Waals surface area (Å²) in [7, 11) is 0. The van der Waals surface area contributed by atoms with Gasteiger partial charge in [-0.3, -0.25) is 0 Å². The number of rotatable bonds is 3. The van der Waals surface area contributed by atoms with Crippen molar-refractivity contribution in [3.8, 4) is 0 Å². The zero-order chi connectivity index (χ0) is 13.0. The quantitative estimate of drug-likeness (QED) is 0.895. The van der Waals surface area contributed by atoms with Crippen molar-refractivity contribution < 1.29 is 5.11 Å². The lowest BCUT2D eigenvalue weighted by molar-refractivity contribution is 0.109. The van der Waals surface area contributed by atoms with Crippen molar-refractivity contribution in [2.75, 3.05) is 0 Å². The normalized spacial score (nSPS) is 15.2. The number of aliphatic hydroxyl groups is 1. The van der Waals surface area contributed by atoms with Crippen LogP contribution in [0.25, 0.3) is 6.08 Å². The van der Waals surface area contributed by atoms with Gasteiger partial charge >= 0.3 is 0 Å². The third-order valence-corrected chi connectivity index (χ3v) is 3.89. The number of halogens is 1. The van der Waals surface area contributed by atoms with Crippen LogP contribution < -0.4 is 0 Å². The van der Waals surface area contributed by atoms with Gasteiger partial charge in [0, 0.05) is 4.48 Å². The number of benzene rings is 2. The Balaban J connectivity index is 2.33. The predicted molar refractivity (Wildman–Crippen MR) is 79.4 cm³/mol. The van der Waals surface area contributed by atoms with Crippen LogP contribution in [0.4, 0.5) is 0 Å². The van der Waals surface area contributed by atoms with E-state index in [1.165, 1.54) is 0 Å². The van der Waals surface area contributed by atoms with E-state index in [1.54, 1.807) is 6.92 Å². The molecule has 0 bridgehead atoms. The SMILES string of the molecule is C[C@@](O)(/C(Br)=C/c1ccccc1)c1ccccc1. The predicted octanol–water partition coefficient (Wildman–Crippen LogP) is 4.33. The smallest absolute Gasteiger partial charge is 0.118 e. The van der Waals surface area contributed by atoms with E-state index in [1.807, 2.05) is 66.7 Å². The summed E-state index contributed by atoms with van der Waals surface area (Å²) in [6.07, 6.45) is 1.94. The molecule has 0 amide bonds. The van der Waals surface area contributed by atoms with Crippen molar-refractivity contribution >= 4 is 22.0 Å². The molecule has 18 heavy (non-hydrogen) atoms. The average Bonchev–Trinajstić information content (AvgIpc) is 2.41. The van der Waals surface area contributed by atoms with E-state index in [4.69, 9.17) is 0 Å². The van der Waals surface area contributed by atoms with Gasteiger partial charge < -0.3 is 5.11 Å². The van der Waals surface area contributed by atoms with Gasteiger partial charge in [-0.25, -0.2) is 0 Å².